The maximum Gasteiger partial charge on any atom is 0.171 e. The molecule has 0 amide bonds. The number of hydrogen-bond donors (Lipinski definition) is 0. The molecule has 0 spiro atoms. The van der Waals surface area contributed by atoms with Gasteiger partial charge in [0.1, 0.15) is 7.85 Å². The smallest absolute Gasteiger partial charge is 0.171 e. The monoisotopic (exact) mass is 198 g/mol. The Balaban J connectivity index is 2.95. The summed E-state index contributed by atoms with van der Waals surface area (Å²) < 4.78 is -0.120. The van der Waals surface area contributed by atoms with Crippen molar-refractivity contribution in [3.8, 4) is 0 Å². The first kappa shape index (κ1) is 7.80. The van der Waals surface area contributed by atoms with Crippen LogP contribution < -0.4 is 0 Å². The first-order valence-corrected chi connectivity index (χ1v) is 3.92. The van der Waals surface area contributed by atoms with E-state index < -0.39 is 0 Å². The molecule has 1 rings (SSSR count). The first-order valence-electron chi connectivity index (χ1n) is 3.13. The molecule has 0 N–H and O–H groups in total. The van der Waals surface area contributed by atoms with Crippen LogP contribution in [0.2, 0.25) is 0 Å². The Morgan fingerprint density at radius 2 is 2.30 bits per heavy atom. The highest BCUT2D eigenvalue weighted by Gasteiger charge is 2.18. The van der Waals surface area contributed by atoms with Gasteiger partial charge in [-0.3, -0.25) is 4.79 Å². The zero-order valence-electron chi connectivity index (χ0n) is 6.02. The van der Waals surface area contributed by atoms with Crippen LogP contribution in [-0.2, 0) is 4.79 Å². The number of alkyl halides is 1. The fourth-order valence-electron chi connectivity index (χ4n) is 0.913. The van der Waals surface area contributed by atoms with Gasteiger partial charge in [-0.15, -0.1) is 0 Å². The Kier molecular flexibility index (Phi) is 1.86. The van der Waals surface area contributed by atoms with Gasteiger partial charge in [0.15, 0.2) is 5.78 Å². The van der Waals surface area contributed by atoms with Crippen LogP contribution in [0.25, 0.3) is 0 Å². The van der Waals surface area contributed by atoms with Gasteiger partial charge >= 0.3 is 0 Å². The molecule has 0 aromatic heterocycles. The van der Waals surface area contributed by atoms with Crippen molar-refractivity contribution in [2.75, 3.05) is 0 Å². The van der Waals surface area contributed by atoms with Gasteiger partial charge in [0.05, 0.1) is 4.32 Å². The Hall–Kier alpha value is -0.305. The van der Waals surface area contributed by atoms with Crippen molar-refractivity contribution < 1.29 is 4.79 Å². The summed E-state index contributed by atoms with van der Waals surface area (Å²) in [6.45, 7) is 2.00. The lowest BCUT2D eigenvalue weighted by Gasteiger charge is -2.17. The van der Waals surface area contributed by atoms with Gasteiger partial charge in [0.2, 0.25) is 0 Å². The second-order valence-corrected chi connectivity index (χ2v) is 4.38. The van der Waals surface area contributed by atoms with E-state index in [1.807, 2.05) is 26.9 Å². The number of allylic oxidation sites excluding steroid dienone is 4. The zero-order chi connectivity index (χ0) is 7.78. The molecule has 1 atom stereocenters. The summed E-state index contributed by atoms with van der Waals surface area (Å²) in [7, 11) is 1.82. The van der Waals surface area contributed by atoms with Crippen LogP contribution in [0.3, 0.4) is 0 Å². The largest absolute Gasteiger partial charge is 0.291 e. The van der Waals surface area contributed by atoms with Gasteiger partial charge in [-0.25, -0.2) is 0 Å². The van der Waals surface area contributed by atoms with Gasteiger partial charge in [0, 0.05) is 0 Å². The predicted octanol–water partition coefficient (Wildman–Crippen LogP) is 0.796. The van der Waals surface area contributed by atoms with Crippen LogP contribution in [0.4, 0.5) is 0 Å². The van der Waals surface area contributed by atoms with Gasteiger partial charge in [-0.2, -0.15) is 0 Å². The van der Waals surface area contributed by atoms with E-state index in [1.54, 1.807) is 6.08 Å². The topological polar surface area (TPSA) is 17.1 Å². The van der Waals surface area contributed by atoms with Crippen molar-refractivity contribution in [3.05, 3.63) is 23.7 Å². The number of carbonyl (C=O) groups is 1. The Morgan fingerprint density at radius 3 is 2.70 bits per heavy atom. The molecule has 1 unspecified atom stereocenters. The Bertz CT molecular complexity index is 228. The molecule has 0 aromatic rings. The van der Waals surface area contributed by atoms with Crippen molar-refractivity contribution >= 4 is 29.6 Å². The van der Waals surface area contributed by atoms with E-state index in [2.05, 4.69) is 15.9 Å². The zero-order valence-corrected chi connectivity index (χ0v) is 7.60. The number of halogens is 1. The Labute approximate surface area is 69.7 Å². The molecule has 10 heavy (non-hydrogen) atoms. The number of hydrogen-bond acceptors (Lipinski definition) is 1. The number of ketones is 1. The highest BCUT2D eigenvalue weighted by atomic mass is 79.9. The van der Waals surface area contributed by atoms with Crippen LogP contribution in [0.15, 0.2) is 23.7 Å². The minimum absolute atomic E-state index is 0.108. The van der Waals surface area contributed by atoms with Gasteiger partial charge < -0.3 is 0 Å². The van der Waals surface area contributed by atoms with Gasteiger partial charge in [-0.05, 0) is 18.5 Å². The molecular weight excluding hydrogens is 191 g/mol. The lowest BCUT2D eigenvalue weighted by molar-refractivity contribution is -0.110. The first-order chi connectivity index (χ1) is 4.51. The van der Waals surface area contributed by atoms with Crippen molar-refractivity contribution in [1.29, 1.82) is 0 Å². The summed E-state index contributed by atoms with van der Waals surface area (Å²) in [5.74, 6) is 0.108. The second kappa shape index (κ2) is 2.38. The molecule has 0 aliphatic heterocycles. The summed E-state index contributed by atoms with van der Waals surface area (Å²) in [5.41, 5.74) is 0.807. The molecule has 1 aliphatic carbocycles. The highest BCUT2D eigenvalue weighted by molar-refractivity contribution is 9.10. The predicted molar refractivity (Wildman–Crippen MR) is 48.1 cm³/mol. The molecule has 0 saturated heterocycles. The minimum atomic E-state index is -0.120. The molecule has 0 radical (unpaired) electrons. The van der Waals surface area contributed by atoms with E-state index >= 15 is 0 Å². The highest BCUT2D eigenvalue weighted by Crippen LogP contribution is 2.25. The van der Waals surface area contributed by atoms with E-state index in [4.69, 9.17) is 0 Å². The maximum atomic E-state index is 10.9. The van der Waals surface area contributed by atoms with Crippen LogP contribution in [0.5, 0.6) is 0 Å². The molecule has 3 heteroatoms. The lowest BCUT2D eigenvalue weighted by atomic mass is 9.84. The van der Waals surface area contributed by atoms with E-state index in [9.17, 15) is 4.79 Å². The van der Waals surface area contributed by atoms with E-state index in [-0.39, 0.29) is 10.1 Å². The normalized spacial score (nSPS) is 32.2. The van der Waals surface area contributed by atoms with Crippen LogP contribution in [0.1, 0.15) is 6.92 Å². The van der Waals surface area contributed by atoms with Crippen molar-refractivity contribution in [3.63, 3.8) is 0 Å². The molecule has 0 saturated carbocycles. The SMILES string of the molecule is BC1=CC(C)(Br)C=CC1=O. The molecule has 1 nitrogen and oxygen atoms in total. The number of carbonyl (C=O) groups excluding carboxylic acids is 1. The lowest BCUT2D eigenvalue weighted by Crippen LogP contribution is -2.16. The van der Waals surface area contributed by atoms with Crippen LogP contribution in [0, 0.1) is 0 Å². The number of rotatable bonds is 0. The van der Waals surface area contributed by atoms with Crippen LogP contribution in [-0.4, -0.2) is 18.0 Å². The third kappa shape index (κ3) is 1.60. The van der Waals surface area contributed by atoms with Gasteiger partial charge in [-0.1, -0.05) is 28.1 Å². The maximum absolute atomic E-state index is 10.9. The molecule has 52 valence electrons. The van der Waals surface area contributed by atoms with E-state index in [1.165, 1.54) is 0 Å². The second-order valence-electron chi connectivity index (χ2n) is 2.68. The summed E-state index contributed by atoms with van der Waals surface area (Å²) in [4.78, 5) is 10.9. The molecule has 0 fully saturated rings. The van der Waals surface area contributed by atoms with E-state index in [0.717, 1.165) is 5.47 Å². The average Bonchev–Trinajstić information content (AvgIpc) is 1.79. The van der Waals surface area contributed by atoms with Crippen molar-refractivity contribution in [1.82, 2.24) is 0 Å². The van der Waals surface area contributed by atoms with Crippen LogP contribution >= 0.6 is 15.9 Å². The summed E-state index contributed by atoms with van der Waals surface area (Å²) in [6, 6.07) is 0. The summed E-state index contributed by atoms with van der Waals surface area (Å²) in [5, 5.41) is 0. The minimum Gasteiger partial charge on any atom is -0.291 e. The fraction of sp³-hybridized carbons (Fsp3) is 0.286. The molecule has 0 bridgehead atoms. The third-order valence-corrected chi connectivity index (χ3v) is 1.94. The quantitative estimate of drug-likeness (QED) is 0.416. The summed E-state index contributed by atoms with van der Waals surface area (Å²) in [6.07, 6.45) is 5.36. The fourth-order valence-corrected chi connectivity index (χ4v) is 1.39. The third-order valence-electron chi connectivity index (χ3n) is 1.45. The molecular formula is C7H8BBrO. The molecule has 0 aromatic carbocycles. The standard InChI is InChI=1S/C7H8BBrO/c1-7(9)3-2-6(10)5(8)4-7/h2-4H,8H2,1H3. The van der Waals surface area contributed by atoms with E-state index in [0.29, 0.717) is 0 Å². The van der Waals surface area contributed by atoms with Crippen molar-refractivity contribution in [2.24, 2.45) is 0 Å². The molecule has 1 aliphatic rings. The van der Waals surface area contributed by atoms with Gasteiger partial charge in [0.25, 0.3) is 0 Å². The van der Waals surface area contributed by atoms with Crippen molar-refractivity contribution in [2.45, 2.75) is 11.2 Å². The average molecular weight is 199 g/mol. The molecule has 0 heterocycles. The summed E-state index contributed by atoms with van der Waals surface area (Å²) >= 11 is 3.44. The Morgan fingerprint density at radius 1 is 1.70 bits per heavy atom.